The van der Waals surface area contributed by atoms with Crippen molar-refractivity contribution in [1.29, 1.82) is 0 Å². The Kier molecular flexibility index (Phi) is 3.37. The number of amides is 1. The Hall–Kier alpha value is -0.570. The molecular formula is C14H24N2O. The SMILES string of the molecule is O=C(C1CCCCCCN1)N1CC2CCC1C2. The molecule has 0 aromatic heterocycles. The van der Waals surface area contributed by atoms with Crippen LogP contribution in [0.2, 0.25) is 0 Å². The van der Waals surface area contributed by atoms with E-state index in [0.717, 1.165) is 25.4 Å². The quantitative estimate of drug-likeness (QED) is 0.754. The lowest BCUT2D eigenvalue weighted by molar-refractivity contribution is -0.135. The summed E-state index contributed by atoms with van der Waals surface area (Å²) in [5.41, 5.74) is 0. The van der Waals surface area contributed by atoms with Gasteiger partial charge < -0.3 is 10.2 Å². The second kappa shape index (κ2) is 4.97. The predicted octanol–water partition coefficient (Wildman–Crippen LogP) is 1.92. The summed E-state index contributed by atoms with van der Waals surface area (Å²) in [5, 5.41) is 3.47. The van der Waals surface area contributed by atoms with Crippen LogP contribution in [0.4, 0.5) is 0 Å². The zero-order valence-corrected chi connectivity index (χ0v) is 10.7. The molecule has 1 aliphatic carbocycles. The van der Waals surface area contributed by atoms with Crippen molar-refractivity contribution in [3.8, 4) is 0 Å². The van der Waals surface area contributed by atoms with Gasteiger partial charge in [0.2, 0.25) is 5.91 Å². The third-order valence-corrected chi connectivity index (χ3v) is 4.80. The van der Waals surface area contributed by atoms with E-state index >= 15 is 0 Å². The molecule has 96 valence electrons. The third kappa shape index (κ3) is 2.35. The van der Waals surface area contributed by atoms with Gasteiger partial charge in [-0.05, 0) is 44.6 Å². The molecule has 2 aliphatic heterocycles. The van der Waals surface area contributed by atoms with Crippen LogP contribution in [-0.2, 0) is 4.79 Å². The number of carbonyl (C=O) groups excluding carboxylic acids is 1. The fraction of sp³-hybridized carbons (Fsp3) is 0.929. The fourth-order valence-corrected chi connectivity index (χ4v) is 3.81. The van der Waals surface area contributed by atoms with E-state index in [1.165, 1.54) is 44.9 Å². The maximum atomic E-state index is 12.5. The average molecular weight is 236 g/mol. The van der Waals surface area contributed by atoms with Gasteiger partial charge in [0.1, 0.15) is 0 Å². The first-order valence-electron chi connectivity index (χ1n) is 7.38. The maximum absolute atomic E-state index is 12.5. The van der Waals surface area contributed by atoms with Crippen LogP contribution in [0.5, 0.6) is 0 Å². The Labute approximate surface area is 104 Å². The van der Waals surface area contributed by atoms with Gasteiger partial charge in [-0.1, -0.05) is 19.3 Å². The van der Waals surface area contributed by atoms with Crippen LogP contribution in [0, 0.1) is 5.92 Å². The molecule has 1 N–H and O–H groups in total. The highest BCUT2D eigenvalue weighted by Gasteiger charge is 2.41. The smallest absolute Gasteiger partial charge is 0.239 e. The lowest BCUT2D eigenvalue weighted by Gasteiger charge is -2.31. The van der Waals surface area contributed by atoms with E-state index in [2.05, 4.69) is 10.2 Å². The van der Waals surface area contributed by atoms with Gasteiger partial charge in [-0.3, -0.25) is 4.79 Å². The molecule has 1 amide bonds. The molecule has 0 radical (unpaired) electrons. The Morgan fingerprint density at radius 2 is 1.94 bits per heavy atom. The van der Waals surface area contributed by atoms with Crippen LogP contribution in [0.15, 0.2) is 0 Å². The highest BCUT2D eigenvalue weighted by atomic mass is 16.2. The molecule has 2 saturated heterocycles. The number of piperidine rings is 1. The molecule has 3 unspecified atom stereocenters. The molecule has 3 heteroatoms. The standard InChI is InChI=1S/C14H24N2O/c17-14(13-5-3-1-2-4-8-15-13)16-10-11-6-7-12(16)9-11/h11-13,15H,1-10H2. The number of hydrogen-bond donors (Lipinski definition) is 1. The van der Waals surface area contributed by atoms with Crippen LogP contribution in [-0.4, -0.2) is 36.0 Å². The van der Waals surface area contributed by atoms with Crippen molar-refractivity contribution in [1.82, 2.24) is 10.2 Å². The molecule has 0 aromatic rings. The molecule has 3 fully saturated rings. The summed E-state index contributed by atoms with van der Waals surface area (Å²) in [7, 11) is 0. The normalized spacial score (nSPS) is 37.9. The Morgan fingerprint density at radius 3 is 2.71 bits per heavy atom. The molecule has 0 spiro atoms. The number of nitrogens with one attached hydrogen (secondary N) is 1. The first-order valence-corrected chi connectivity index (χ1v) is 7.38. The minimum atomic E-state index is 0.120. The number of fused-ring (bicyclic) bond motifs is 2. The van der Waals surface area contributed by atoms with E-state index in [1.807, 2.05) is 0 Å². The highest BCUT2D eigenvalue weighted by Crippen LogP contribution is 2.37. The van der Waals surface area contributed by atoms with E-state index in [1.54, 1.807) is 0 Å². The summed E-state index contributed by atoms with van der Waals surface area (Å²) in [6, 6.07) is 0.703. The van der Waals surface area contributed by atoms with E-state index in [4.69, 9.17) is 0 Å². The number of hydrogen-bond acceptors (Lipinski definition) is 2. The number of rotatable bonds is 1. The maximum Gasteiger partial charge on any atom is 0.239 e. The summed E-state index contributed by atoms with van der Waals surface area (Å²) < 4.78 is 0. The second-order valence-corrected chi connectivity index (χ2v) is 6.03. The zero-order valence-electron chi connectivity index (χ0n) is 10.7. The van der Waals surface area contributed by atoms with Gasteiger partial charge in [-0.25, -0.2) is 0 Å². The number of likely N-dealkylation sites (tertiary alicyclic amines) is 1. The van der Waals surface area contributed by atoms with Crippen molar-refractivity contribution in [3.63, 3.8) is 0 Å². The van der Waals surface area contributed by atoms with Gasteiger partial charge >= 0.3 is 0 Å². The number of nitrogens with zero attached hydrogens (tertiary/aromatic N) is 1. The molecule has 0 aromatic carbocycles. The molecule has 1 saturated carbocycles. The first kappa shape index (κ1) is 11.5. The monoisotopic (exact) mass is 236 g/mol. The molecular weight excluding hydrogens is 212 g/mol. The fourth-order valence-electron chi connectivity index (χ4n) is 3.81. The molecule has 3 rings (SSSR count). The van der Waals surface area contributed by atoms with Gasteiger partial charge in [0, 0.05) is 12.6 Å². The highest BCUT2D eigenvalue weighted by molar-refractivity contribution is 5.82. The van der Waals surface area contributed by atoms with Crippen molar-refractivity contribution in [3.05, 3.63) is 0 Å². The van der Waals surface area contributed by atoms with Gasteiger partial charge in [0.05, 0.1) is 6.04 Å². The summed E-state index contributed by atoms with van der Waals surface area (Å²) in [6.07, 6.45) is 10.0. The van der Waals surface area contributed by atoms with Gasteiger partial charge in [0.25, 0.3) is 0 Å². The summed E-state index contributed by atoms with van der Waals surface area (Å²) in [5.74, 6) is 1.22. The molecule has 3 atom stereocenters. The second-order valence-electron chi connectivity index (χ2n) is 6.03. The minimum Gasteiger partial charge on any atom is -0.338 e. The van der Waals surface area contributed by atoms with Gasteiger partial charge in [0.15, 0.2) is 0 Å². The topological polar surface area (TPSA) is 32.3 Å². The third-order valence-electron chi connectivity index (χ3n) is 4.80. The van der Waals surface area contributed by atoms with Crippen LogP contribution >= 0.6 is 0 Å². The largest absolute Gasteiger partial charge is 0.338 e. The van der Waals surface area contributed by atoms with Crippen molar-refractivity contribution in [2.75, 3.05) is 13.1 Å². The van der Waals surface area contributed by atoms with Crippen LogP contribution in [0.25, 0.3) is 0 Å². The predicted molar refractivity (Wildman–Crippen MR) is 67.7 cm³/mol. The Morgan fingerprint density at radius 1 is 1.06 bits per heavy atom. The van der Waals surface area contributed by atoms with Crippen LogP contribution in [0.3, 0.4) is 0 Å². The van der Waals surface area contributed by atoms with Crippen molar-refractivity contribution in [2.45, 2.75) is 63.5 Å². The van der Waals surface area contributed by atoms with E-state index in [9.17, 15) is 4.79 Å². The Balaban J connectivity index is 1.60. The first-order chi connectivity index (χ1) is 8.34. The average Bonchev–Trinajstić information content (AvgIpc) is 2.89. The number of carbonyl (C=O) groups is 1. The molecule has 2 bridgehead atoms. The van der Waals surface area contributed by atoms with Crippen molar-refractivity contribution in [2.24, 2.45) is 5.92 Å². The lowest BCUT2D eigenvalue weighted by atomic mass is 10.0. The summed E-state index contributed by atoms with van der Waals surface area (Å²) in [4.78, 5) is 14.7. The summed E-state index contributed by atoms with van der Waals surface area (Å²) in [6.45, 7) is 2.07. The van der Waals surface area contributed by atoms with Gasteiger partial charge in [-0.2, -0.15) is 0 Å². The lowest BCUT2D eigenvalue weighted by Crippen LogP contribution is -2.49. The summed E-state index contributed by atoms with van der Waals surface area (Å²) >= 11 is 0. The van der Waals surface area contributed by atoms with E-state index in [0.29, 0.717) is 11.9 Å². The van der Waals surface area contributed by atoms with Gasteiger partial charge in [-0.15, -0.1) is 0 Å². The minimum absolute atomic E-state index is 0.120. The molecule has 17 heavy (non-hydrogen) atoms. The van der Waals surface area contributed by atoms with E-state index in [-0.39, 0.29) is 6.04 Å². The molecule has 3 aliphatic rings. The molecule has 2 heterocycles. The zero-order chi connectivity index (χ0) is 11.7. The van der Waals surface area contributed by atoms with Crippen molar-refractivity contribution >= 4 is 5.91 Å². The van der Waals surface area contributed by atoms with Crippen LogP contribution < -0.4 is 5.32 Å². The Bertz CT molecular complexity index is 284. The van der Waals surface area contributed by atoms with E-state index < -0.39 is 0 Å². The van der Waals surface area contributed by atoms with Crippen LogP contribution in [0.1, 0.15) is 51.4 Å². The van der Waals surface area contributed by atoms with Crippen molar-refractivity contribution < 1.29 is 4.79 Å². The molecule has 3 nitrogen and oxygen atoms in total.